The highest BCUT2D eigenvalue weighted by Crippen LogP contribution is 2.21. The maximum absolute atomic E-state index is 13.4. The molecule has 6 heteroatoms. The van der Waals surface area contributed by atoms with E-state index < -0.39 is 5.82 Å². The molecule has 0 unspecified atom stereocenters. The lowest BCUT2D eigenvalue weighted by atomic mass is 10.1. The average molecular weight is 296 g/mol. The molecule has 0 saturated carbocycles. The predicted octanol–water partition coefficient (Wildman–Crippen LogP) is 3.15. The van der Waals surface area contributed by atoms with Crippen LogP contribution in [0.4, 0.5) is 4.39 Å². The van der Waals surface area contributed by atoms with E-state index in [4.69, 9.17) is 11.6 Å². The van der Waals surface area contributed by atoms with Gasteiger partial charge in [-0.05, 0) is 18.1 Å². The molecule has 0 amide bonds. The predicted molar refractivity (Wildman–Crippen MR) is 74.3 cm³/mol. The van der Waals surface area contributed by atoms with E-state index in [1.807, 2.05) is 0 Å². The maximum Gasteiger partial charge on any atom is 0.172 e. The van der Waals surface area contributed by atoms with Crippen LogP contribution in [-0.4, -0.2) is 20.5 Å². The third-order valence-corrected chi connectivity index (χ3v) is 3.19. The van der Waals surface area contributed by atoms with E-state index in [2.05, 4.69) is 23.9 Å². The Morgan fingerprint density at radius 1 is 1.45 bits per heavy atom. The summed E-state index contributed by atoms with van der Waals surface area (Å²) in [7, 11) is 0. The van der Waals surface area contributed by atoms with Gasteiger partial charge in [-0.2, -0.15) is 5.10 Å². The summed E-state index contributed by atoms with van der Waals surface area (Å²) in [6, 6.07) is 4.20. The zero-order chi connectivity index (χ0) is 14.7. The van der Waals surface area contributed by atoms with Crippen molar-refractivity contribution in [3.63, 3.8) is 0 Å². The first-order chi connectivity index (χ1) is 9.49. The first-order valence-electron chi connectivity index (χ1n) is 6.33. The maximum atomic E-state index is 13.4. The van der Waals surface area contributed by atoms with Gasteiger partial charge in [0.25, 0.3) is 0 Å². The number of carbonyl (C=O) groups excluding carboxylic acids is 1. The lowest BCUT2D eigenvalue weighted by molar-refractivity contribution is 0.0988. The van der Waals surface area contributed by atoms with Gasteiger partial charge in [0, 0.05) is 12.1 Å². The van der Waals surface area contributed by atoms with Crippen LogP contribution in [0.25, 0.3) is 0 Å². The minimum Gasteiger partial charge on any atom is -0.294 e. The standard InChI is InChI=1S/C14H15ClFN3O/c1-9(2)7-19-13(17-8-18-19)6-12(20)10-4-3-5-11(16)14(10)15/h3-5,8-9H,6-7H2,1-2H3. The van der Waals surface area contributed by atoms with Gasteiger partial charge in [0.1, 0.15) is 18.0 Å². The summed E-state index contributed by atoms with van der Waals surface area (Å²) in [4.78, 5) is 16.3. The number of nitrogens with zero attached hydrogens (tertiary/aromatic N) is 3. The molecule has 0 fully saturated rings. The monoisotopic (exact) mass is 295 g/mol. The van der Waals surface area contributed by atoms with E-state index in [9.17, 15) is 9.18 Å². The zero-order valence-corrected chi connectivity index (χ0v) is 12.1. The van der Waals surface area contributed by atoms with Gasteiger partial charge < -0.3 is 0 Å². The van der Waals surface area contributed by atoms with Crippen LogP contribution in [0.15, 0.2) is 24.5 Å². The molecule has 2 rings (SSSR count). The molecule has 0 radical (unpaired) electrons. The lowest BCUT2D eigenvalue weighted by Gasteiger charge is -2.08. The first-order valence-corrected chi connectivity index (χ1v) is 6.70. The van der Waals surface area contributed by atoms with Gasteiger partial charge in [0.05, 0.1) is 11.4 Å². The Hall–Kier alpha value is -1.75. The molecule has 0 aliphatic rings. The Morgan fingerprint density at radius 3 is 2.90 bits per heavy atom. The Balaban J connectivity index is 2.20. The molecule has 20 heavy (non-hydrogen) atoms. The highest BCUT2D eigenvalue weighted by molar-refractivity contribution is 6.34. The highest BCUT2D eigenvalue weighted by atomic mass is 35.5. The SMILES string of the molecule is CC(C)Cn1ncnc1CC(=O)c1cccc(F)c1Cl. The summed E-state index contributed by atoms with van der Waals surface area (Å²) in [5.41, 5.74) is 0.172. The van der Waals surface area contributed by atoms with Crippen LogP contribution in [0.1, 0.15) is 30.0 Å². The van der Waals surface area contributed by atoms with Crippen LogP contribution in [0.5, 0.6) is 0 Å². The molecular formula is C14H15ClFN3O. The summed E-state index contributed by atoms with van der Waals surface area (Å²) >= 11 is 5.81. The minimum atomic E-state index is -0.596. The Kier molecular flexibility index (Phi) is 4.49. The van der Waals surface area contributed by atoms with Crippen molar-refractivity contribution in [2.24, 2.45) is 5.92 Å². The molecule has 106 valence electrons. The fourth-order valence-electron chi connectivity index (χ4n) is 1.88. The van der Waals surface area contributed by atoms with E-state index >= 15 is 0 Å². The molecule has 1 heterocycles. The molecule has 0 saturated heterocycles. The van der Waals surface area contributed by atoms with E-state index in [1.54, 1.807) is 4.68 Å². The summed E-state index contributed by atoms with van der Waals surface area (Å²) < 4.78 is 15.0. The van der Waals surface area contributed by atoms with E-state index in [0.29, 0.717) is 18.3 Å². The number of ketones is 1. The van der Waals surface area contributed by atoms with Crippen molar-refractivity contribution in [1.82, 2.24) is 14.8 Å². The smallest absolute Gasteiger partial charge is 0.172 e. The Labute approximate surface area is 121 Å². The third-order valence-electron chi connectivity index (χ3n) is 2.80. The van der Waals surface area contributed by atoms with Crippen molar-refractivity contribution < 1.29 is 9.18 Å². The van der Waals surface area contributed by atoms with Gasteiger partial charge in [-0.15, -0.1) is 0 Å². The normalized spacial score (nSPS) is 11.1. The van der Waals surface area contributed by atoms with Gasteiger partial charge in [0.2, 0.25) is 0 Å². The molecule has 0 atom stereocenters. The van der Waals surface area contributed by atoms with E-state index in [0.717, 1.165) is 0 Å². The molecule has 4 nitrogen and oxygen atoms in total. The van der Waals surface area contributed by atoms with Gasteiger partial charge in [0.15, 0.2) is 5.78 Å². The zero-order valence-electron chi connectivity index (χ0n) is 11.3. The number of hydrogen-bond donors (Lipinski definition) is 0. The summed E-state index contributed by atoms with van der Waals surface area (Å²) in [5.74, 6) is 0.0843. The van der Waals surface area contributed by atoms with Crippen molar-refractivity contribution in [2.45, 2.75) is 26.8 Å². The fraction of sp³-hybridized carbons (Fsp3) is 0.357. The quantitative estimate of drug-likeness (QED) is 0.796. The van der Waals surface area contributed by atoms with Crippen LogP contribution < -0.4 is 0 Å². The number of Topliss-reactive ketones (excluding diaryl/α,β-unsaturated/α-hetero) is 1. The van der Waals surface area contributed by atoms with Crippen molar-refractivity contribution >= 4 is 17.4 Å². The summed E-state index contributed by atoms with van der Waals surface area (Å²) in [6.45, 7) is 4.78. The number of benzene rings is 1. The van der Waals surface area contributed by atoms with E-state index in [1.165, 1.54) is 24.5 Å². The number of carbonyl (C=O) groups is 1. The van der Waals surface area contributed by atoms with Gasteiger partial charge in [-0.1, -0.05) is 31.5 Å². The van der Waals surface area contributed by atoms with Crippen molar-refractivity contribution in [3.8, 4) is 0 Å². The molecule has 1 aromatic heterocycles. The average Bonchev–Trinajstić information content (AvgIpc) is 2.79. The topological polar surface area (TPSA) is 47.8 Å². The molecule has 2 aromatic rings. The second-order valence-corrected chi connectivity index (χ2v) is 5.33. The highest BCUT2D eigenvalue weighted by Gasteiger charge is 2.17. The summed E-state index contributed by atoms with van der Waals surface area (Å²) in [5, 5.41) is 3.94. The summed E-state index contributed by atoms with van der Waals surface area (Å²) in [6.07, 6.45) is 1.47. The Bertz CT molecular complexity index is 625. The minimum absolute atomic E-state index is 0.0515. The fourth-order valence-corrected chi connectivity index (χ4v) is 2.11. The first kappa shape index (κ1) is 14.7. The molecule has 0 aliphatic carbocycles. The second-order valence-electron chi connectivity index (χ2n) is 4.95. The van der Waals surface area contributed by atoms with Crippen LogP contribution in [-0.2, 0) is 13.0 Å². The molecule has 1 aromatic carbocycles. The Morgan fingerprint density at radius 2 is 2.20 bits per heavy atom. The van der Waals surface area contributed by atoms with Crippen LogP contribution in [0.2, 0.25) is 5.02 Å². The van der Waals surface area contributed by atoms with Crippen molar-refractivity contribution in [1.29, 1.82) is 0 Å². The van der Waals surface area contributed by atoms with Crippen LogP contribution in [0, 0.1) is 11.7 Å². The lowest BCUT2D eigenvalue weighted by Crippen LogP contribution is -2.14. The number of aromatic nitrogens is 3. The third kappa shape index (κ3) is 3.22. The van der Waals surface area contributed by atoms with Gasteiger partial charge in [-0.3, -0.25) is 4.79 Å². The molecule has 0 spiro atoms. The molecule has 0 aliphatic heterocycles. The van der Waals surface area contributed by atoms with Gasteiger partial charge >= 0.3 is 0 Å². The molecule has 0 bridgehead atoms. The largest absolute Gasteiger partial charge is 0.294 e. The van der Waals surface area contributed by atoms with Crippen molar-refractivity contribution in [2.75, 3.05) is 0 Å². The van der Waals surface area contributed by atoms with Crippen molar-refractivity contribution in [3.05, 3.63) is 46.8 Å². The number of rotatable bonds is 5. The van der Waals surface area contributed by atoms with Crippen LogP contribution in [0.3, 0.4) is 0 Å². The molecular weight excluding hydrogens is 281 g/mol. The van der Waals surface area contributed by atoms with Crippen LogP contribution >= 0.6 is 11.6 Å². The number of halogens is 2. The molecule has 0 N–H and O–H groups in total. The number of hydrogen-bond acceptors (Lipinski definition) is 3. The van der Waals surface area contributed by atoms with Gasteiger partial charge in [-0.25, -0.2) is 14.1 Å². The van der Waals surface area contributed by atoms with E-state index in [-0.39, 0.29) is 22.8 Å². The second kappa shape index (κ2) is 6.13.